The highest BCUT2D eigenvalue weighted by molar-refractivity contribution is 6.19. The highest BCUT2D eigenvalue weighted by Crippen LogP contribution is 2.63. The maximum Gasteiger partial charge on any atom is 0.405 e. The number of methoxy groups -OCH3 is 2. The Kier molecular flexibility index (Phi) is 6.81. The van der Waals surface area contributed by atoms with Crippen molar-refractivity contribution >= 4 is 35.0 Å². The van der Waals surface area contributed by atoms with Gasteiger partial charge in [0.1, 0.15) is 33.8 Å². The summed E-state index contributed by atoms with van der Waals surface area (Å²) >= 11 is 0. The molecule has 2 aromatic heterocycles. The molecule has 0 aliphatic carbocycles. The van der Waals surface area contributed by atoms with Crippen molar-refractivity contribution in [2.75, 3.05) is 14.2 Å². The Morgan fingerprint density at radius 3 is 1.54 bits per heavy atom. The molecule has 3 atom stereocenters. The first-order valence-corrected chi connectivity index (χ1v) is 21.5. The van der Waals surface area contributed by atoms with Crippen LogP contribution < -0.4 is 39.4 Å². The lowest BCUT2D eigenvalue weighted by molar-refractivity contribution is -0.791. The molecule has 0 bridgehead atoms. The van der Waals surface area contributed by atoms with E-state index >= 15 is 0 Å². The summed E-state index contributed by atoms with van der Waals surface area (Å²) in [6, 6.07) is 3.85. The fraction of sp³-hybridized carbons (Fsp3) is 0.556. The van der Waals surface area contributed by atoms with Crippen molar-refractivity contribution < 1.29 is 56.5 Å². The summed E-state index contributed by atoms with van der Waals surface area (Å²) in [5.41, 5.74) is -1.50. The van der Waals surface area contributed by atoms with Gasteiger partial charge in [-0.1, -0.05) is 20.0 Å². The Morgan fingerprint density at radius 1 is 0.508 bits per heavy atom. The zero-order valence-electron chi connectivity index (χ0n) is 38.5. The minimum absolute atomic E-state index is 0.192. The van der Waals surface area contributed by atoms with Crippen LogP contribution in [0.25, 0.3) is 0 Å². The molecule has 0 fully saturated rings. The van der Waals surface area contributed by atoms with Crippen LogP contribution in [0.2, 0.25) is 0 Å². The zero-order valence-corrected chi connectivity index (χ0v) is 38.5. The molecule has 330 valence electrons. The van der Waals surface area contributed by atoms with Gasteiger partial charge >= 0.3 is 17.6 Å². The summed E-state index contributed by atoms with van der Waals surface area (Å²) in [5.74, 6) is 1.97. The molecule has 1 aromatic carbocycles. The Bertz CT molecular complexity index is 3050. The fourth-order valence-electron chi connectivity index (χ4n) is 9.72. The number of hydrogen-bond acceptors (Lipinski definition) is 14. The van der Waals surface area contributed by atoms with E-state index < -0.39 is 39.9 Å². The van der Waals surface area contributed by atoms with Crippen LogP contribution >= 0.6 is 0 Å². The van der Waals surface area contributed by atoms with Crippen molar-refractivity contribution in [1.82, 2.24) is 9.13 Å². The predicted octanol–water partition coefficient (Wildman–Crippen LogP) is 5.22. The van der Waals surface area contributed by atoms with Gasteiger partial charge in [0.15, 0.2) is 11.2 Å². The van der Waals surface area contributed by atoms with Crippen LogP contribution in [-0.4, -0.2) is 102 Å². The number of benzene rings is 1. The molecule has 0 saturated heterocycles. The molecule has 1 spiro atoms. The van der Waals surface area contributed by atoms with Crippen molar-refractivity contribution in [1.29, 1.82) is 0 Å². The molecular weight excluding hydrogens is 813 g/mol. The average Bonchev–Trinajstić information content (AvgIpc) is 3.87. The molecule has 0 amide bonds. The largest absolute Gasteiger partial charge is 0.490 e. The van der Waals surface area contributed by atoms with E-state index in [1.165, 1.54) is 0 Å². The maximum absolute atomic E-state index is 7.06. The lowest BCUT2D eigenvalue weighted by Gasteiger charge is -2.45. The summed E-state index contributed by atoms with van der Waals surface area (Å²) < 4.78 is 75.9. The smallest absolute Gasteiger partial charge is 0.405 e. The van der Waals surface area contributed by atoms with Crippen molar-refractivity contribution in [3.05, 3.63) is 45.8 Å². The van der Waals surface area contributed by atoms with Gasteiger partial charge in [0, 0.05) is 28.1 Å². The molecule has 63 heavy (non-hydrogen) atoms. The molecule has 1 unspecified atom stereocenters. The van der Waals surface area contributed by atoms with E-state index in [0.29, 0.717) is 103 Å². The summed E-state index contributed by atoms with van der Waals surface area (Å²) in [5, 5.41) is 0. The van der Waals surface area contributed by atoms with Gasteiger partial charge in [0.25, 0.3) is 34.3 Å². The SMILES string of the molecule is CO[C@]1(C)Oc2c(c3n4c2N=C2c5c(OC(C)C)ccc(OC(C)C)c5C5=[N+]2C42n4c(c6c(c4=N5)O[C@@](C)(OC)C(C)(C)O6)=NC4=[N+]2C(=N3)C2=C4OC(C)(C)C(C)(C)O2)OC1(C)C. The number of ether oxygens (including phenoxy) is 10. The third kappa shape index (κ3) is 4.19. The van der Waals surface area contributed by atoms with E-state index in [2.05, 4.69) is 4.58 Å². The van der Waals surface area contributed by atoms with Crippen LogP contribution in [0.1, 0.15) is 108 Å². The number of nitrogens with zero attached hydrogens (tertiary/aromatic N) is 8. The summed E-state index contributed by atoms with van der Waals surface area (Å²) in [6.07, 6.45) is -0.384. The third-order valence-corrected chi connectivity index (χ3v) is 14.3. The van der Waals surface area contributed by atoms with Crippen LogP contribution in [0, 0.1) is 0 Å². The molecule has 18 heteroatoms. The normalized spacial score (nSPS) is 28.9. The van der Waals surface area contributed by atoms with Crippen LogP contribution in [0.4, 0.5) is 11.6 Å². The summed E-state index contributed by atoms with van der Waals surface area (Å²) in [6.45, 7) is 27.4. The molecule has 0 N–H and O–H groups in total. The van der Waals surface area contributed by atoms with Gasteiger partial charge in [0.05, 0.1) is 12.2 Å². The molecule has 11 heterocycles. The average molecular weight is 865 g/mol. The topological polar surface area (TPSA) is 158 Å². The van der Waals surface area contributed by atoms with E-state index in [9.17, 15) is 0 Å². The molecule has 3 aromatic rings. The van der Waals surface area contributed by atoms with Crippen LogP contribution in [0.3, 0.4) is 0 Å². The second-order valence-corrected chi connectivity index (χ2v) is 20.1. The predicted molar refractivity (Wildman–Crippen MR) is 224 cm³/mol. The highest BCUT2D eigenvalue weighted by Gasteiger charge is 2.75. The van der Waals surface area contributed by atoms with Crippen LogP contribution in [0.5, 0.6) is 34.5 Å². The van der Waals surface area contributed by atoms with Crippen LogP contribution in [-0.2, 0) is 24.9 Å². The first-order chi connectivity index (χ1) is 29.5. The van der Waals surface area contributed by atoms with Gasteiger partial charge < -0.3 is 47.4 Å². The van der Waals surface area contributed by atoms with Crippen LogP contribution in [0.15, 0.2) is 43.6 Å². The summed E-state index contributed by atoms with van der Waals surface area (Å²) in [4.78, 5) is 22.0. The van der Waals surface area contributed by atoms with Gasteiger partial charge in [-0.3, -0.25) is 0 Å². The Balaban J connectivity index is 1.31. The maximum atomic E-state index is 7.06. The van der Waals surface area contributed by atoms with E-state index in [0.717, 1.165) is 0 Å². The van der Waals surface area contributed by atoms with Gasteiger partial charge in [-0.25, -0.2) is 0 Å². The van der Waals surface area contributed by atoms with E-state index in [-0.39, 0.29) is 12.2 Å². The minimum atomic E-state index is -1.57. The monoisotopic (exact) mass is 864 g/mol. The van der Waals surface area contributed by atoms with E-state index in [1.807, 2.05) is 123 Å². The van der Waals surface area contributed by atoms with Gasteiger partial charge in [-0.15, -0.1) is 9.15 Å². The number of rotatable bonds is 6. The quantitative estimate of drug-likeness (QED) is 0.301. The minimum Gasteiger partial charge on any atom is -0.490 e. The van der Waals surface area contributed by atoms with Crippen molar-refractivity contribution in [3.8, 4) is 34.5 Å². The van der Waals surface area contributed by atoms with Gasteiger partial charge in [-0.2, -0.15) is 9.13 Å². The third-order valence-electron chi connectivity index (χ3n) is 14.3. The standard InChI is InChI=1S/C45H52N8O10/c1-19(2)56-21-17-18-22(57-20(3)4)24-23(21)31-46-37-29-27(60-41(9,10)43(13,54-15)62-29)35-48-33-25-26(59-40(7,8)39(5,6)58-25)34-49-36-28-30(63-44(14,55-16)42(11,12)61-28)38-47-32(24)50(31)45(51(33)34,52(35)37)53(36)38/h17-20H,1-16H3/q+2/t43-,44-/m1/s1. The molecule has 18 nitrogen and oxygen atoms in total. The molecule has 0 radical (unpaired) electrons. The Hall–Kier alpha value is -5.88. The lowest BCUT2D eigenvalue weighted by atomic mass is 9.88. The molecule has 9 aliphatic heterocycles. The highest BCUT2D eigenvalue weighted by atomic mass is 16.7. The number of fused-ring (bicyclic) bond motifs is 11. The Labute approximate surface area is 363 Å². The molecule has 12 rings (SSSR count). The lowest BCUT2D eigenvalue weighted by Crippen LogP contribution is -2.71. The number of amidine groups is 4. The molecule has 0 saturated carbocycles. The second-order valence-electron chi connectivity index (χ2n) is 20.1. The summed E-state index contributed by atoms with van der Waals surface area (Å²) in [7, 11) is 3.20. The van der Waals surface area contributed by atoms with Crippen molar-refractivity contribution in [3.63, 3.8) is 0 Å². The number of hydrogen-bond donors (Lipinski definition) is 0. The fourth-order valence-corrected chi connectivity index (χ4v) is 9.72. The van der Waals surface area contributed by atoms with E-state index in [4.69, 9.17) is 67.3 Å². The first-order valence-electron chi connectivity index (χ1n) is 21.5. The van der Waals surface area contributed by atoms with Gasteiger partial charge in [-0.05, 0) is 95.2 Å². The second kappa shape index (κ2) is 11.1. The molecular formula is C45H52N8O10+2. The van der Waals surface area contributed by atoms with E-state index in [1.54, 1.807) is 14.2 Å². The van der Waals surface area contributed by atoms with Crippen molar-refractivity contribution in [2.24, 2.45) is 20.0 Å². The van der Waals surface area contributed by atoms with Gasteiger partial charge in [0.2, 0.25) is 46.1 Å². The Morgan fingerprint density at radius 2 is 0.968 bits per heavy atom. The molecule has 9 aliphatic rings. The van der Waals surface area contributed by atoms with Crippen molar-refractivity contribution in [2.45, 2.75) is 149 Å². The first kappa shape index (κ1) is 38.8. The number of aromatic nitrogens is 2. The zero-order chi connectivity index (χ0) is 44.7. The number of aliphatic imine (C=N–C) groups is 2.